The van der Waals surface area contributed by atoms with E-state index in [0.717, 1.165) is 0 Å². The monoisotopic (exact) mass is 529 g/mol. The molecule has 1 unspecified atom stereocenters. The van der Waals surface area contributed by atoms with E-state index in [9.17, 15) is 27.9 Å². The Bertz CT molecular complexity index is 1570. The van der Waals surface area contributed by atoms with Crippen LogP contribution < -0.4 is 16.0 Å². The Morgan fingerprint density at radius 3 is 2.34 bits per heavy atom. The lowest BCUT2D eigenvalue weighted by atomic mass is 9.93. The van der Waals surface area contributed by atoms with Gasteiger partial charge in [-0.1, -0.05) is 30.3 Å². The summed E-state index contributed by atoms with van der Waals surface area (Å²) in [5.41, 5.74) is 7.23. The van der Waals surface area contributed by atoms with E-state index < -0.39 is 24.0 Å². The molecule has 0 saturated carbocycles. The number of H-pyrrole nitrogens is 1. The average Bonchev–Trinajstić information content (AvgIpc) is 3.34. The van der Waals surface area contributed by atoms with Crippen molar-refractivity contribution in [2.75, 3.05) is 16.0 Å². The number of alkyl halides is 3. The van der Waals surface area contributed by atoms with E-state index in [1.54, 1.807) is 66.7 Å². The molecule has 2 amide bonds. The average molecular weight is 529 g/mol. The number of nitrogen functional groups attached to an aromatic ring is 1. The topological polar surface area (TPSA) is 182 Å². The lowest BCUT2D eigenvalue weighted by molar-refractivity contribution is -0.192. The molecule has 0 fully saturated rings. The number of aromatic amines is 1. The summed E-state index contributed by atoms with van der Waals surface area (Å²) in [6.45, 7) is 0. The van der Waals surface area contributed by atoms with Crippen LogP contribution in [0.1, 0.15) is 21.5 Å². The Labute approximate surface area is 210 Å². The quantitative estimate of drug-likeness (QED) is 0.217. The van der Waals surface area contributed by atoms with Crippen LogP contribution in [0.2, 0.25) is 0 Å². The van der Waals surface area contributed by atoms with E-state index in [4.69, 9.17) is 20.7 Å². The number of amides is 2. The molecule has 5 rings (SSSR count). The second kappa shape index (κ2) is 9.40. The summed E-state index contributed by atoms with van der Waals surface area (Å²) < 4.78 is 31.7. The number of imidazole rings is 1. The van der Waals surface area contributed by atoms with E-state index in [1.165, 1.54) is 4.90 Å². The van der Waals surface area contributed by atoms with Crippen LogP contribution in [0.25, 0.3) is 11.0 Å². The molecule has 1 aromatic heterocycles. The van der Waals surface area contributed by atoms with Crippen LogP contribution in [0.4, 0.5) is 35.3 Å². The third-order valence-electron chi connectivity index (χ3n) is 5.54. The summed E-state index contributed by atoms with van der Waals surface area (Å²) in [6, 6.07) is 18.5. The zero-order chi connectivity index (χ0) is 27.8. The van der Waals surface area contributed by atoms with Crippen LogP contribution in [-0.4, -0.2) is 49.4 Å². The molecule has 14 heteroatoms. The first kappa shape index (κ1) is 26.0. The molecule has 11 nitrogen and oxygen atoms in total. The summed E-state index contributed by atoms with van der Waals surface area (Å²) in [5.74, 6) is -3.06. The first-order valence-corrected chi connectivity index (χ1v) is 10.6. The summed E-state index contributed by atoms with van der Waals surface area (Å²) in [4.78, 5) is 41.5. The minimum atomic E-state index is -5.08. The van der Waals surface area contributed by atoms with Crippen LogP contribution in [0, 0.1) is 0 Å². The molecule has 7 N–H and O–H groups in total. The molecule has 4 aromatic rings. The number of halogens is 3. The number of hydrogen-bond acceptors (Lipinski definition) is 6. The van der Waals surface area contributed by atoms with Gasteiger partial charge in [-0.2, -0.15) is 13.2 Å². The molecular weight excluding hydrogens is 511 g/mol. The Morgan fingerprint density at radius 1 is 1.03 bits per heavy atom. The molecule has 0 saturated heterocycles. The number of nitrogens with two attached hydrogens (primary N) is 1. The number of nitrogens with zero attached hydrogens (tertiary/aromatic N) is 2. The molecular formula is C24H18F3N5O6. The Kier molecular flexibility index (Phi) is 6.42. The molecule has 1 aliphatic heterocycles. The number of carboxylic acid groups (broad SMARTS) is 2. The van der Waals surface area contributed by atoms with Crippen LogP contribution >= 0.6 is 0 Å². The second-order valence-corrected chi connectivity index (χ2v) is 8.00. The van der Waals surface area contributed by atoms with Gasteiger partial charge in [0.25, 0.3) is 5.91 Å². The van der Waals surface area contributed by atoms with Gasteiger partial charge < -0.3 is 26.0 Å². The predicted molar refractivity (Wildman–Crippen MR) is 129 cm³/mol. The van der Waals surface area contributed by atoms with Gasteiger partial charge in [0.05, 0.1) is 11.0 Å². The third-order valence-corrected chi connectivity index (χ3v) is 5.54. The van der Waals surface area contributed by atoms with Crippen molar-refractivity contribution in [1.29, 1.82) is 0 Å². The number of anilines is 3. The number of hydrogen-bond donors (Lipinski definition) is 6. The van der Waals surface area contributed by atoms with Crippen LogP contribution in [0.15, 0.2) is 66.7 Å². The maximum absolute atomic E-state index is 13.3. The minimum Gasteiger partial charge on any atom is -0.475 e. The second-order valence-electron chi connectivity index (χ2n) is 8.00. The van der Waals surface area contributed by atoms with Crippen LogP contribution in [0.5, 0.6) is 0 Å². The van der Waals surface area contributed by atoms with Gasteiger partial charge in [0.15, 0.2) is 5.72 Å². The van der Waals surface area contributed by atoms with Crippen molar-refractivity contribution >= 4 is 46.3 Å². The van der Waals surface area contributed by atoms with Gasteiger partial charge >= 0.3 is 18.2 Å². The number of rotatable bonds is 3. The molecule has 1 atom stereocenters. The summed E-state index contributed by atoms with van der Waals surface area (Å²) >= 11 is 0. The maximum atomic E-state index is 13.3. The molecule has 0 spiro atoms. The van der Waals surface area contributed by atoms with E-state index in [2.05, 4.69) is 15.3 Å². The number of aliphatic hydroxyl groups is 1. The smallest absolute Gasteiger partial charge is 0.475 e. The summed E-state index contributed by atoms with van der Waals surface area (Å²) in [6.07, 6.45) is -6.33. The van der Waals surface area contributed by atoms with E-state index in [1.807, 2.05) is 0 Å². The molecule has 3 aromatic carbocycles. The van der Waals surface area contributed by atoms with E-state index in [-0.39, 0.29) is 11.9 Å². The number of fused-ring (bicyclic) bond motifs is 2. The van der Waals surface area contributed by atoms with Crippen molar-refractivity contribution in [2.45, 2.75) is 11.9 Å². The van der Waals surface area contributed by atoms with Crippen LogP contribution in [-0.2, 0) is 10.5 Å². The van der Waals surface area contributed by atoms with Gasteiger partial charge in [0, 0.05) is 28.1 Å². The number of aromatic nitrogens is 2. The Morgan fingerprint density at radius 2 is 1.71 bits per heavy atom. The van der Waals surface area contributed by atoms with Crippen molar-refractivity contribution in [3.63, 3.8) is 0 Å². The van der Waals surface area contributed by atoms with Crippen molar-refractivity contribution in [3.05, 3.63) is 83.4 Å². The number of carbonyl (C=O) groups is 3. The van der Waals surface area contributed by atoms with Gasteiger partial charge in [-0.05, 0) is 36.4 Å². The first-order chi connectivity index (χ1) is 17.8. The largest absolute Gasteiger partial charge is 0.490 e. The summed E-state index contributed by atoms with van der Waals surface area (Å²) in [7, 11) is 0. The van der Waals surface area contributed by atoms with Crippen LogP contribution in [0.3, 0.4) is 0 Å². The highest BCUT2D eigenvalue weighted by atomic mass is 19.4. The van der Waals surface area contributed by atoms with Gasteiger partial charge in [-0.15, -0.1) is 0 Å². The minimum absolute atomic E-state index is 0.0576. The Hall–Kier alpha value is -5.11. The highest BCUT2D eigenvalue weighted by Crippen LogP contribution is 2.45. The maximum Gasteiger partial charge on any atom is 0.490 e. The van der Waals surface area contributed by atoms with Gasteiger partial charge in [0.2, 0.25) is 5.95 Å². The van der Waals surface area contributed by atoms with Crippen molar-refractivity contribution < 1.29 is 42.9 Å². The summed E-state index contributed by atoms with van der Waals surface area (Å²) in [5, 5.41) is 30.2. The van der Waals surface area contributed by atoms with Gasteiger partial charge in [-0.3, -0.25) is 15.0 Å². The standard InChI is InChI=1S/C22H17N5O4.C2HF3O2/c23-13-4-3-5-14(11-13)27-19(28)15-6-1-2-7-16(15)22(27,31)12-8-9-17-18(10-12)25-20(24-17)26-21(29)30;3-2(4,5)1(6)7/h1-11,31H,23H2,(H,29,30)(H2,24,25,26);(H,6,7). The first-order valence-electron chi connectivity index (χ1n) is 10.6. The van der Waals surface area contributed by atoms with Crippen molar-refractivity contribution in [3.8, 4) is 0 Å². The molecule has 0 bridgehead atoms. The molecule has 2 heterocycles. The highest BCUT2D eigenvalue weighted by molar-refractivity contribution is 6.12. The number of carbonyl (C=O) groups excluding carboxylic acids is 1. The zero-order valence-electron chi connectivity index (χ0n) is 19.0. The number of nitrogens with one attached hydrogen (secondary N) is 2. The molecule has 0 aliphatic carbocycles. The van der Waals surface area contributed by atoms with E-state index in [0.29, 0.717) is 39.1 Å². The fourth-order valence-electron chi connectivity index (χ4n) is 4.00. The molecule has 196 valence electrons. The van der Waals surface area contributed by atoms with Crippen molar-refractivity contribution in [2.24, 2.45) is 0 Å². The van der Waals surface area contributed by atoms with Crippen molar-refractivity contribution in [1.82, 2.24) is 9.97 Å². The normalized spacial score (nSPS) is 16.5. The lowest BCUT2D eigenvalue weighted by Crippen LogP contribution is -2.45. The molecule has 38 heavy (non-hydrogen) atoms. The number of aliphatic carboxylic acids is 1. The zero-order valence-corrected chi connectivity index (χ0v) is 19.0. The fourth-order valence-corrected chi connectivity index (χ4v) is 4.00. The Balaban J connectivity index is 0.000000426. The fraction of sp³-hybridized carbons (Fsp3) is 0.0833. The van der Waals surface area contributed by atoms with E-state index >= 15 is 0 Å². The SMILES string of the molecule is Nc1cccc(N2C(=O)c3ccccc3C2(O)c2ccc3[nH]c(NC(=O)O)nc3c2)c1.O=C(O)C(F)(F)F. The third kappa shape index (κ3) is 4.67. The van der Waals surface area contributed by atoms with Gasteiger partial charge in [-0.25, -0.2) is 14.6 Å². The lowest BCUT2D eigenvalue weighted by Gasteiger charge is -2.35. The highest BCUT2D eigenvalue weighted by Gasteiger charge is 2.50. The predicted octanol–water partition coefficient (Wildman–Crippen LogP) is 3.72. The molecule has 1 aliphatic rings. The number of benzene rings is 3. The van der Waals surface area contributed by atoms with Gasteiger partial charge in [0.1, 0.15) is 0 Å². The number of carboxylic acids is 1. The molecule has 0 radical (unpaired) electrons.